The molecule has 4 heteroatoms. The summed E-state index contributed by atoms with van der Waals surface area (Å²) in [5.41, 5.74) is 9.19. The van der Waals surface area contributed by atoms with E-state index in [2.05, 4.69) is 27.5 Å². The van der Waals surface area contributed by atoms with Crippen molar-refractivity contribution in [3.8, 4) is 0 Å². The molecule has 18 heavy (non-hydrogen) atoms. The predicted octanol–water partition coefficient (Wildman–Crippen LogP) is 3.00. The van der Waals surface area contributed by atoms with Gasteiger partial charge in [0.15, 0.2) is 5.65 Å². The summed E-state index contributed by atoms with van der Waals surface area (Å²) < 4.78 is 2.15. The lowest BCUT2D eigenvalue weighted by molar-refractivity contribution is 0.227. The zero-order valence-electron chi connectivity index (χ0n) is 11.1. The summed E-state index contributed by atoms with van der Waals surface area (Å²) in [5, 5.41) is 0. The van der Waals surface area contributed by atoms with Gasteiger partial charge >= 0.3 is 0 Å². The first-order valence-corrected chi connectivity index (χ1v) is 6.71. The van der Waals surface area contributed by atoms with Crippen molar-refractivity contribution in [2.24, 2.45) is 0 Å². The molecule has 4 nitrogen and oxygen atoms in total. The van der Waals surface area contributed by atoms with Gasteiger partial charge in [-0.15, -0.1) is 0 Å². The van der Waals surface area contributed by atoms with E-state index in [4.69, 9.17) is 5.73 Å². The summed E-state index contributed by atoms with van der Waals surface area (Å²) in [6.07, 6.45) is 8.08. The SMILES string of the molecule is Cc1cnc2c(c1)nc(N)n2C1(C)CCCCC1. The number of aryl methyl sites for hydroxylation is 1. The maximum atomic E-state index is 6.13. The van der Waals surface area contributed by atoms with E-state index in [0.29, 0.717) is 5.95 Å². The molecule has 1 aliphatic rings. The van der Waals surface area contributed by atoms with Gasteiger partial charge < -0.3 is 5.73 Å². The van der Waals surface area contributed by atoms with Gasteiger partial charge in [-0.2, -0.15) is 0 Å². The molecule has 2 aromatic rings. The summed E-state index contributed by atoms with van der Waals surface area (Å²) in [5.74, 6) is 0.604. The van der Waals surface area contributed by atoms with Crippen LogP contribution < -0.4 is 5.73 Å². The van der Waals surface area contributed by atoms with Crippen LogP contribution in [0.25, 0.3) is 11.2 Å². The highest BCUT2D eigenvalue weighted by Gasteiger charge is 2.32. The molecule has 1 fully saturated rings. The van der Waals surface area contributed by atoms with E-state index < -0.39 is 0 Å². The van der Waals surface area contributed by atoms with Gasteiger partial charge in [-0.05, 0) is 38.3 Å². The molecule has 1 aliphatic carbocycles. The van der Waals surface area contributed by atoms with Crippen LogP contribution in [-0.2, 0) is 5.54 Å². The molecule has 0 atom stereocenters. The van der Waals surface area contributed by atoms with Crippen LogP contribution in [-0.4, -0.2) is 14.5 Å². The molecule has 0 radical (unpaired) electrons. The largest absolute Gasteiger partial charge is 0.369 e. The number of hydrogen-bond acceptors (Lipinski definition) is 3. The molecule has 0 spiro atoms. The number of rotatable bonds is 1. The summed E-state index contributed by atoms with van der Waals surface area (Å²) >= 11 is 0. The number of pyridine rings is 1. The van der Waals surface area contributed by atoms with Crippen LogP contribution in [0, 0.1) is 6.92 Å². The van der Waals surface area contributed by atoms with E-state index in [1.807, 2.05) is 13.1 Å². The molecule has 2 heterocycles. The van der Waals surface area contributed by atoms with Crippen molar-refractivity contribution in [1.29, 1.82) is 0 Å². The molecule has 0 saturated heterocycles. The molecule has 96 valence electrons. The predicted molar refractivity (Wildman–Crippen MR) is 73.4 cm³/mol. The van der Waals surface area contributed by atoms with Crippen molar-refractivity contribution in [2.75, 3.05) is 5.73 Å². The normalized spacial score (nSPS) is 19.2. The van der Waals surface area contributed by atoms with Gasteiger partial charge in [0.05, 0.1) is 0 Å². The minimum Gasteiger partial charge on any atom is -0.369 e. The van der Waals surface area contributed by atoms with E-state index in [-0.39, 0.29) is 5.54 Å². The second-order valence-corrected chi connectivity index (χ2v) is 5.72. The highest BCUT2D eigenvalue weighted by molar-refractivity contribution is 5.75. The van der Waals surface area contributed by atoms with Crippen LogP contribution in [0.2, 0.25) is 0 Å². The number of nitrogen functional groups attached to an aromatic ring is 1. The van der Waals surface area contributed by atoms with Crippen LogP contribution in [0.5, 0.6) is 0 Å². The van der Waals surface area contributed by atoms with E-state index >= 15 is 0 Å². The van der Waals surface area contributed by atoms with Crippen molar-refractivity contribution in [2.45, 2.75) is 51.5 Å². The number of anilines is 1. The lowest BCUT2D eigenvalue weighted by Crippen LogP contribution is -2.33. The third-order valence-corrected chi connectivity index (χ3v) is 4.13. The maximum Gasteiger partial charge on any atom is 0.202 e. The minimum absolute atomic E-state index is 0.0827. The van der Waals surface area contributed by atoms with E-state index in [1.165, 1.54) is 19.3 Å². The topological polar surface area (TPSA) is 56.7 Å². The summed E-state index contributed by atoms with van der Waals surface area (Å²) in [6.45, 7) is 4.31. The lowest BCUT2D eigenvalue weighted by Gasteiger charge is -2.35. The lowest BCUT2D eigenvalue weighted by atomic mass is 9.83. The fourth-order valence-corrected chi connectivity index (χ4v) is 3.15. The minimum atomic E-state index is 0.0827. The highest BCUT2D eigenvalue weighted by atomic mass is 15.2. The Morgan fingerprint density at radius 3 is 2.72 bits per heavy atom. The molecule has 3 rings (SSSR count). The van der Waals surface area contributed by atoms with Gasteiger partial charge in [0.25, 0.3) is 0 Å². The average Bonchev–Trinajstić information content (AvgIpc) is 2.65. The zero-order chi connectivity index (χ0) is 12.8. The standard InChI is InChI=1S/C14H20N4/c1-10-8-11-12(16-9-10)18(13(15)17-11)14(2)6-4-3-5-7-14/h8-9H,3-7H2,1-2H3,(H2,15,17). The molecule has 0 amide bonds. The van der Waals surface area contributed by atoms with Crippen molar-refractivity contribution >= 4 is 17.1 Å². The third-order valence-electron chi connectivity index (χ3n) is 4.13. The van der Waals surface area contributed by atoms with Crippen LogP contribution in [0.4, 0.5) is 5.95 Å². The molecule has 0 aromatic carbocycles. The van der Waals surface area contributed by atoms with Gasteiger partial charge in [0.1, 0.15) is 5.52 Å². The molecule has 2 N–H and O–H groups in total. The number of hydrogen-bond donors (Lipinski definition) is 1. The molecule has 0 unspecified atom stereocenters. The van der Waals surface area contributed by atoms with Crippen molar-refractivity contribution in [1.82, 2.24) is 14.5 Å². The van der Waals surface area contributed by atoms with Crippen molar-refractivity contribution in [3.63, 3.8) is 0 Å². The molecule has 0 bridgehead atoms. The Hall–Kier alpha value is -1.58. The van der Waals surface area contributed by atoms with Gasteiger partial charge in [0, 0.05) is 11.7 Å². The molecular formula is C14H20N4. The van der Waals surface area contributed by atoms with Crippen LogP contribution >= 0.6 is 0 Å². The van der Waals surface area contributed by atoms with Crippen molar-refractivity contribution in [3.05, 3.63) is 17.8 Å². The first-order chi connectivity index (χ1) is 8.60. The fraction of sp³-hybridized carbons (Fsp3) is 0.571. The Balaban J connectivity index is 2.18. The maximum absolute atomic E-state index is 6.13. The van der Waals surface area contributed by atoms with Gasteiger partial charge in [0.2, 0.25) is 5.95 Å². The summed E-state index contributed by atoms with van der Waals surface area (Å²) in [6, 6.07) is 2.06. The number of nitrogens with two attached hydrogens (primary N) is 1. The first-order valence-electron chi connectivity index (χ1n) is 6.71. The second-order valence-electron chi connectivity index (χ2n) is 5.72. The summed E-state index contributed by atoms with van der Waals surface area (Å²) in [4.78, 5) is 9.01. The molecule has 1 saturated carbocycles. The number of imidazole rings is 1. The Bertz CT molecular complexity index is 579. The summed E-state index contributed by atoms with van der Waals surface area (Å²) in [7, 11) is 0. The van der Waals surface area contributed by atoms with Crippen molar-refractivity contribution < 1.29 is 0 Å². The van der Waals surface area contributed by atoms with Gasteiger partial charge in [-0.25, -0.2) is 9.97 Å². The van der Waals surface area contributed by atoms with Crippen LogP contribution in [0.15, 0.2) is 12.3 Å². The van der Waals surface area contributed by atoms with Gasteiger partial charge in [-0.3, -0.25) is 4.57 Å². The highest BCUT2D eigenvalue weighted by Crippen LogP contribution is 2.38. The third kappa shape index (κ3) is 1.67. The Morgan fingerprint density at radius 2 is 2.00 bits per heavy atom. The molecular weight excluding hydrogens is 224 g/mol. The number of nitrogens with zero attached hydrogens (tertiary/aromatic N) is 3. The monoisotopic (exact) mass is 244 g/mol. The molecule has 0 aliphatic heterocycles. The quantitative estimate of drug-likeness (QED) is 0.839. The fourth-order valence-electron chi connectivity index (χ4n) is 3.15. The van der Waals surface area contributed by atoms with Crippen LogP contribution in [0.1, 0.15) is 44.6 Å². The number of aromatic nitrogens is 3. The van der Waals surface area contributed by atoms with E-state index in [1.54, 1.807) is 0 Å². The van der Waals surface area contributed by atoms with Gasteiger partial charge in [-0.1, -0.05) is 19.3 Å². The van der Waals surface area contributed by atoms with Crippen LogP contribution in [0.3, 0.4) is 0 Å². The second kappa shape index (κ2) is 3.97. The Labute approximate surface area is 107 Å². The Kier molecular flexibility index (Phi) is 2.54. The molecule has 2 aromatic heterocycles. The average molecular weight is 244 g/mol. The van der Waals surface area contributed by atoms with E-state index in [9.17, 15) is 0 Å². The number of fused-ring (bicyclic) bond motifs is 1. The first kappa shape index (κ1) is 11.5. The van der Waals surface area contributed by atoms with E-state index in [0.717, 1.165) is 29.6 Å². The zero-order valence-corrected chi connectivity index (χ0v) is 11.1. The Morgan fingerprint density at radius 1 is 1.28 bits per heavy atom. The smallest absolute Gasteiger partial charge is 0.202 e.